The first-order chi connectivity index (χ1) is 14.5. The zero-order valence-electron chi connectivity index (χ0n) is 19.9. The Morgan fingerprint density at radius 1 is 1.23 bits per heavy atom. The van der Waals surface area contributed by atoms with E-state index >= 15 is 0 Å². The molecule has 1 aromatic heterocycles. The lowest BCUT2D eigenvalue weighted by molar-refractivity contribution is 0.0485. The average molecular weight is 435 g/mol. The molecule has 0 aromatic carbocycles. The van der Waals surface area contributed by atoms with Crippen molar-refractivity contribution in [2.24, 2.45) is 10.9 Å². The van der Waals surface area contributed by atoms with Gasteiger partial charge in [0.25, 0.3) is 5.91 Å². The van der Waals surface area contributed by atoms with Gasteiger partial charge in [0.2, 0.25) is 0 Å². The summed E-state index contributed by atoms with van der Waals surface area (Å²) in [6.07, 6.45) is 3.50. The van der Waals surface area contributed by atoms with Gasteiger partial charge in [0.05, 0.1) is 5.56 Å². The Hall–Kier alpha value is -2.84. The maximum atomic E-state index is 12.1. The van der Waals surface area contributed by atoms with Gasteiger partial charge >= 0.3 is 6.09 Å². The predicted molar refractivity (Wildman–Crippen MR) is 123 cm³/mol. The molecule has 0 aliphatic heterocycles. The van der Waals surface area contributed by atoms with E-state index in [1.807, 2.05) is 32.7 Å². The minimum atomic E-state index is -0.527. The number of pyridine rings is 1. The number of carbonyl (C=O) groups is 2. The molecule has 174 valence electrons. The average Bonchev–Trinajstić information content (AvgIpc) is 2.69. The van der Waals surface area contributed by atoms with Gasteiger partial charge in [-0.2, -0.15) is 0 Å². The van der Waals surface area contributed by atoms with Gasteiger partial charge < -0.3 is 25.6 Å². The Morgan fingerprint density at radius 3 is 2.45 bits per heavy atom. The fourth-order valence-corrected chi connectivity index (χ4v) is 2.80. The zero-order valence-corrected chi connectivity index (χ0v) is 19.9. The fraction of sp³-hybridized carbons (Fsp3) is 0.636. The molecule has 2 amide bonds. The number of hydrogen-bond donors (Lipinski definition) is 3. The van der Waals surface area contributed by atoms with Gasteiger partial charge in [-0.15, -0.1) is 0 Å². The molecular formula is C22H38N6O3. The molecule has 0 saturated carbocycles. The van der Waals surface area contributed by atoms with Crippen LogP contribution in [0.1, 0.15) is 51.4 Å². The highest BCUT2D eigenvalue weighted by Gasteiger charge is 2.22. The maximum absolute atomic E-state index is 12.1. The molecule has 9 nitrogen and oxygen atoms in total. The molecule has 31 heavy (non-hydrogen) atoms. The number of alkyl carbamates (subject to hydrolysis) is 1. The molecule has 1 rings (SSSR count). The standard InChI is InChI=1S/C22H38N6O3/c1-16(2)18(27-21(30)31-22(3,4)5)10-14-28(7)20(23-6)26-13-12-25-19(29)17-9-8-11-24-15-17/h8-9,11,15-16,18H,10,12-14H2,1-7H3,(H,23,26)(H,25,29)(H,27,30). The number of rotatable bonds is 9. The highest BCUT2D eigenvalue weighted by Crippen LogP contribution is 2.11. The lowest BCUT2D eigenvalue weighted by Crippen LogP contribution is -2.46. The third-order valence-electron chi connectivity index (χ3n) is 4.47. The van der Waals surface area contributed by atoms with Crippen LogP contribution >= 0.6 is 0 Å². The van der Waals surface area contributed by atoms with Crippen molar-refractivity contribution in [2.75, 3.05) is 33.7 Å². The minimum absolute atomic E-state index is 0.0193. The Kier molecular flexibility index (Phi) is 10.8. The number of guanidine groups is 1. The van der Waals surface area contributed by atoms with Crippen LogP contribution in [-0.4, -0.2) is 73.2 Å². The summed E-state index contributed by atoms with van der Waals surface area (Å²) in [5, 5.41) is 9.05. The molecule has 0 aliphatic carbocycles. The smallest absolute Gasteiger partial charge is 0.407 e. The Bertz CT molecular complexity index is 716. The second kappa shape index (κ2) is 12.8. The third-order valence-corrected chi connectivity index (χ3v) is 4.47. The summed E-state index contributed by atoms with van der Waals surface area (Å²) in [6, 6.07) is 3.43. The van der Waals surface area contributed by atoms with Gasteiger partial charge in [-0.25, -0.2) is 4.79 Å². The third kappa shape index (κ3) is 10.7. The van der Waals surface area contributed by atoms with Crippen LogP contribution in [-0.2, 0) is 4.74 Å². The van der Waals surface area contributed by atoms with E-state index in [9.17, 15) is 9.59 Å². The number of carbonyl (C=O) groups excluding carboxylic acids is 2. The van der Waals surface area contributed by atoms with Crippen LogP contribution < -0.4 is 16.0 Å². The molecule has 1 unspecified atom stereocenters. The van der Waals surface area contributed by atoms with Crippen molar-refractivity contribution < 1.29 is 14.3 Å². The number of aliphatic imine (C=N–C) groups is 1. The van der Waals surface area contributed by atoms with E-state index in [0.29, 0.717) is 25.2 Å². The summed E-state index contributed by atoms with van der Waals surface area (Å²) >= 11 is 0. The largest absolute Gasteiger partial charge is 0.444 e. The first-order valence-electron chi connectivity index (χ1n) is 10.6. The zero-order chi connectivity index (χ0) is 23.4. The van der Waals surface area contributed by atoms with E-state index in [4.69, 9.17) is 4.74 Å². The predicted octanol–water partition coefficient (Wildman–Crippen LogP) is 2.26. The molecule has 0 saturated heterocycles. The quantitative estimate of drug-likeness (QED) is 0.313. The Balaban J connectivity index is 2.43. The summed E-state index contributed by atoms with van der Waals surface area (Å²) < 4.78 is 5.37. The lowest BCUT2D eigenvalue weighted by Gasteiger charge is -2.28. The van der Waals surface area contributed by atoms with Gasteiger partial charge in [-0.3, -0.25) is 14.8 Å². The number of amides is 2. The van der Waals surface area contributed by atoms with Crippen molar-refractivity contribution in [1.82, 2.24) is 25.8 Å². The van der Waals surface area contributed by atoms with Crippen molar-refractivity contribution in [2.45, 2.75) is 52.7 Å². The van der Waals surface area contributed by atoms with Gasteiger partial charge in [0.15, 0.2) is 5.96 Å². The lowest BCUT2D eigenvalue weighted by atomic mass is 10.0. The van der Waals surface area contributed by atoms with E-state index in [1.54, 1.807) is 25.4 Å². The van der Waals surface area contributed by atoms with Crippen molar-refractivity contribution in [3.63, 3.8) is 0 Å². The summed E-state index contributed by atoms with van der Waals surface area (Å²) in [5.74, 6) is 0.820. The molecule has 0 spiro atoms. The molecule has 3 N–H and O–H groups in total. The summed E-state index contributed by atoms with van der Waals surface area (Å²) in [4.78, 5) is 34.4. The summed E-state index contributed by atoms with van der Waals surface area (Å²) in [6.45, 7) is 11.4. The van der Waals surface area contributed by atoms with Crippen LogP contribution in [0.2, 0.25) is 0 Å². The van der Waals surface area contributed by atoms with Gasteiger partial charge in [-0.05, 0) is 45.2 Å². The number of hydrogen-bond acceptors (Lipinski definition) is 5. The van der Waals surface area contributed by atoms with Crippen molar-refractivity contribution >= 4 is 18.0 Å². The number of nitrogens with one attached hydrogen (secondary N) is 3. The van der Waals surface area contributed by atoms with Gasteiger partial charge in [0.1, 0.15) is 5.60 Å². The normalized spacial score (nSPS) is 12.8. The van der Waals surface area contributed by atoms with Crippen molar-refractivity contribution in [1.29, 1.82) is 0 Å². The van der Waals surface area contributed by atoms with E-state index in [2.05, 4.69) is 39.8 Å². The van der Waals surface area contributed by atoms with Crippen LogP contribution in [0.15, 0.2) is 29.5 Å². The molecule has 1 aromatic rings. The number of ether oxygens (including phenoxy) is 1. The van der Waals surface area contributed by atoms with Crippen molar-refractivity contribution in [3.8, 4) is 0 Å². The van der Waals surface area contributed by atoms with Gasteiger partial charge in [-0.1, -0.05) is 13.8 Å². The molecule has 0 radical (unpaired) electrons. The van der Waals surface area contributed by atoms with Crippen LogP contribution in [0, 0.1) is 5.92 Å². The van der Waals surface area contributed by atoms with Crippen molar-refractivity contribution in [3.05, 3.63) is 30.1 Å². The number of nitrogens with zero attached hydrogens (tertiary/aromatic N) is 3. The molecule has 1 atom stereocenters. The molecule has 0 bridgehead atoms. The summed E-state index contributed by atoms with van der Waals surface area (Å²) in [7, 11) is 3.65. The molecular weight excluding hydrogens is 396 g/mol. The highest BCUT2D eigenvalue weighted by atomic mass is 16.6. The molecule has 9 heteroatoms. The second-order valence-corrected chi connectivity index (χ2v) is 8.68. The number of aromatic nitrogens is 1. The minimum Gasteiger partial charge on any atom is -0.444 e. The van der Waals surface area contributed by atoms with Crippen LogP contribution in [0.25, 0.3) is 0 Å². The monoisotopic (exact) mass is 434 g/mol. The molecule has 0 aliphatic rings. The first-order valence-corrected chi connectivity index (χ1v) is 10.6. The Morgan fingerprint density at radius 2 is 1.90 bits per heavy atom. The van der Waals surface area contributed by atoms with E-state index in [-0.39, 0.29) is 17.9 Å². The van der Waals surface area contributed by atoms with Crippen LogP contribution in [0.5, 0.6) is 0 Å². The van der Waals surface area contributed by atoms with Gasteiger partial charge in [0, 0.05) is 52.2 Å². The topological polar surface area (TPSA) is 108 Å². The van der Waals surface area contributed by atoms with E-state index in [1.165, 1.54) is 6.20 Å². The summed E-state index contributed by atoms with van der Waals surface area (Å²) in [5.41, 5.74) is 0.00192. The van der Waals surface area contributed by atoms with Crippen LogP contribution in [0.4, 0.5) is 4.79 Å². The fourth-order valence-electron chi connectivity index (χ4n) is 2.80. The van der Waals surface area contributed by atoms with Crippen LogP contribution in [0.3, 0.4) is 0 Å². The first kappa shape index (κ1) is 26.2. The van der Waals surface area contributed by atoms with E-state index < -0.39 is 11.7 Å². The maximum Gasteiger partial charge on any atom is 0.407 e. The molecule has 0 fully saturated rings. The Labute approximate surface area is 186 Å². The molecule has 1 heterocycles. The second-order valence-electron chi connectivity index (χ2n) is 8.68. The SMILES string of the molecule is CN=C(NCCNC(=O)c1cccnc1)N(C)CCC(NC(=O)OC(C)(C)C)C(C)C. The van der Waals surface area contributed by atoms with E-state index in [0.717, 1.165) is 12.4 Å². The highest BCUT2D eigenvalue weighted by molar-refractivity contribution is 5.93.